The maximum atomic E-state index is 12.5. The normalized spacial score (nSPS) is 15.0. The van der Waals surface area contributed by atoms with Gasteiger partial charge >= 0.3 is 6.09 Å². The zero-order chi connectivity index (χ0) is 20.2. The van der Waals surface area contributed by atoms with Crippen LogP contribution in [-0.2, 0) is 9.53 Å². The van der Waals surface area contributed by atoms with E-state index in [4.69, 9.17) is 16.3 Å². The lowest BCUT2D eigenvalue weighted by molar-refractivity contribution is -0.123. The number of nitrogens with zero attached hydrogens (tertiary/aromatic N) is 3. The first kappa shape index (κ1) is 22.2. The third-order valence-electron chi connectivity index (χ3n) is 4.46. The SMILES string of the molecule is Cl.O=C1O/C(=C\c2ccc(Cl)cc2)C(=O)N1CCCCSc1cccc2nccn12. The summed E-state index contributed by atoms with van der Waals surface area (Å²) >= 11 is 7.58. The molecule has 156 valence electrons. The number of unbranched alkanes of at least 4 members (excludes halogenated alkanes) is 1. The number of amides is 2. The predicted molar refractivity (Wildman–Crippen MR) is 120 cm³/mol. The van der Waals surface area contributed by atoms with Crippen LogP contribution >= 0.6 is 35.8 Å². The zero-order valence-electron chi connectivity index (χ0n) is 15.9. The van der Waals surface area contributed by atoms with E-state index < -0.39 is 12.0 Å². The Balaban J connectivity index is 0.00000256. The van der Waals surface area contributed by atoms with E-state index in [-0.39, 0.29) is 18.2 Å². The molecule has 3 aromatic rings. The lowest BCUT2D eigenvalue weighted by Gasteiger charge is -2.10. The van der Waals surface area contributed by atoms with Gasteiger partial charge in [0.15, 0.2) is 5.76 Å². The van der Waals surface area contributed by atoms with Gasteiger partial charge < -0.3 is 4.74 Å². The van der Waals surface area contributed by atoms with Gasteiger partial charge in [-0.05, 0) is 54.5 Å². The third-order valence-corrected chi connectivity index (χ3v) is 5.83. The summed E-state index contributed by atoms with van der Waals surface area (Å²) in [4.78, 5) is 29.9. The van der Waals surface area contributed by atoms with Gasteiger partial charge in [0, 0.05) is 24.0 Å². The van der Waals surface area contributed by atoms with Crippen molar-refractivity contribution in [1.82, 2.24) is 14.3 Å². The van der Waals surface area contributed by atoms with Crippen molar-refractivity contribution < 1.29 is 14.3 Å². The Morgan fingerprint density at radius 1 is 1.10 bits per heavy atom. The Hall–Kier alpha value is -2.48. The summed E-state index contributed by atoms with van der Waals surface area (Å²) in [6.07, 6.45) is 6.22. The lowest BCUT2D eigenvalue weighted by Crippen LogP contribution is -2.29. The molecule has 0 unspecified atom stereocenters. The number of imidazole rings is 1. The zero-order valence-corrected chi connectivity index (χ0v) is 18.3. The van der Waals surface area contributed by atoms with Gasteiger partial charge in [-0.2, -0.15) is 0 Å². The number of thioether (sulfide) groups is 1. The van der Waals surface area contributed by atoms with Crippen molar-refractivity contribution in [3.05, 3.63) is 71.2 Å². The van der Waals surface area contributed by atoms with Crippen LogP contribution in [0.5, 0.6) is 0 Å². The molecular weight excluding hydrogens is 445 g/mol. The molecular formula is C21H19Cl2N3O3S. The second kappa shape index (κ2) is 10.0. The number of fused-ring (bicyclic) bond motifs is 1. The fourth-order valence-corrected chi connectivity index (χ4v) is 4.14. The number of aromatic nitrogens is 2. The molecule has 1 aromatic carbocycles. The first-order valence-corrected chi connectivity index (χ1v) is 10.5. The minimum Gasteiger partial charge on any atom is -0.404 e. The number of pyridine rings is 1. The number of halogens is 2. The van der Waals surface area contributed by atoms with Gasteiger partial charge in [-0.3, -0.25) is 9.20 Å². The van der Waals surface area contributed by atoms with E-state index in [1.807, 2.05) is 22.7 Å². The number of carbonyl (C=O) groups is 2. The van der Waals surface area contributed by atoms with Gasteiger partial charge in [0.2, 0.25) is 0 Å². The predicted octanol–water partition coefficient (Wildman–Crippen LogP) is 5.30. The standard InChI is InChI=1S/C21H18ClN3O3S.ClH/c22-16-8-6-15(7-9-16)14-17-20(26)25(21(27)28-17)11-1-2-13-29-19-5-3-4-18-23-10-12-24(18)19;/h3-10,12,14H,1-2,11,13H2;1H/b17-14-;. The molecule has 30 heavy (non-hydrogen) atoms. The summed E-state index contributed by atoms with van der Waals surface area (Å²) in [5.41, 5.74) is 1.66. The van der Waals surface area contributed by atoms with Crippen molar-refractivity contribution in [2.24, 2.45) is 0 Å². The molecule has 1 aliphatic rings. The van der Waals surface area contributed by atoms with Crippen LogP contribution in [-0.4, -0.2) is 38.6 Å². The molecule has 9 heteroatoms. The summed E-state index contributed by atoms with van der Waals surface area (Å²) in [5, 5.41) is 1.72. The number of rotatable bonds is 7. The van der Waals surface area contributed by atoms with Gasteiger partial charge in [-0.1, -0.05) is 29.8 Å². The number of hydrogen-bond acceptors (Lipinski definition) is 5. The van der Waals surface area contributed by atoms with Crippen molar-refractivity contribution in [1.29, 1.82) is 0 Å². The largest absolute Gasteiger partial charge is 0.422 e. The van der Waals surface area contributed by atoms with E-state index in [1.165, 1.54) is 0 Å². The summed E-state index contributed by atoms with van der Waals surface area (Å²) in [6, 6.07) is 13.0. The molecule has 6 nitrogen and oxygen atoms in total. The smallest absolute Gasteiger partial charge is 0.404 e. The molecule has 0 atom stereocenters. The maximum Gasteiger partial charge on any atom is 0.422 e. The molecule has 1 aliphatic heterocycles. The molecule has 3 heterocycles. The second-order valence-corrected chi connectivity index (χ2v) is 8.01. The molecule has 0 N–H and O–H groups in total. The van der Waals surface area contributed by atoms with Crippen molar-refractivity contribution in [2.75, 3.05) is 12.3 Å². The van der Waals surface area contributed by atoms with Crippen LogP contribution in [0.3, 0.4) is 0 Å². The van der Waals surface area contributed by atoms with E-state index in [0.717, 1.165) is 33.3 Å². The van der Waals surface area contributed by atoms with Crippen LogP contribution in [0, 0.1) is 0 Å². The van der Waals surface area contributed by atoms with Crippen LogP contribution in [0.2, 0.25) is 5.02 Å². The highest BCUT2D eigenvalue weighted by Gasteiger charge is 2.35. The molecule has 0 saturated carbocycles. The van der Waals surface area contributed by atoms with Crippen LogP contribution in [0.15, 0.2) is 65.6 Å². The first-order valence-electron chi connectivity index (χ1n) is 9.18. The molecule has 0 radical (unpaired) electrons. The van der Waals surface area contributed by atoms with Crippen molar-refractivity contribution in [3.8, 4) is 0 Å². The molecule has 0 spiro atoms. The van der Waals surface area contributed by atoms with Crippen LogP contribution < -0.4 is 0 Å². The highest BCUT2D eigenvalue weighted by atomic mass is 35.5. The molecule has 2 amide bonds. The minimum atomic E-state index is -0.619. The van der Waals surface area contributed by atoms with Gasteiger partial charge in [0.05, 0.1) is 5.03 Å². The Kier molecular flexibility index (Phi) is 7.42. The van der Waals surface area contributed by atoms with Crippen molar-refractivity contribution in [3.63, 3.8) is 0 Å². The lowest BCUT2D eigenvalue weighted by atomic mass is 10.2. The van der Waals surface area contributed by atoms with Crippen LogP contribution in [0.1, 0.15) is 18.4 Å². The molecule has 1 saturated heterocycles. The van der Waals surface area contributed by atoms with Gasteiger partial charge in [0.25, 0.3) is 5.91 Å². The first-order chi connectivity index (χ1) is 14.1. The highest BCUT2D eigenvalue weighted by molar-refractivity contribution is 7.99. The average molecular weight is 464 g/mol. The van der Waals surface area contributed by atoms with E-state index in [2.05, 4.69) is 11.1 Å². The number of benzene rings is 1. The second-order valence-electron chi connectivity index (χ2n) is 6.46. The fourth-order valence-electron chi connectivity index (χ4n) is 2.99. The quantitative estimate of drug-likeness (QED) is 0.270. The molecule has 4 rings (SSSR count). The number of carbonyl (C=O) groups excluding carboxylic acids is 2. The number of ether oxygens (including phenoxy) is 1. The molecule has 0 aliphatic carbocycles. The van der Waals surface area contributed by atoms with E-state index in [0.29, 0.717) is 18.0 Å². The topological polar surface area (TPSA) is 63.9 Å². The molecule has 1 fully saturated rings. The van der Waals surface area contributed by atoms with Crippen molar-refractivity contribution >= 4 is 59.5 Å². The summed E-state index contributed by atoms with van der Waals surface area (Å²) in [5.74, 6) is 0.515. The third kappa shape index (κ3) is 4.98. The van der Waals surface area contributed by atoms with E-state index >= 15 is 0 Å². The Labute approximate surface area is 189 Å². The monoisotopic (exact) mass is 463 g/mol. The highest BCUT2D eigenvalue weighted by Crippen LogP contribution is 2.23. The van der Waals surface area contributed by atoms with E-state index in [9.17, 15) is 9.59 Å². The number of imide groups is 1. The molecule has 2 aromatic heterocycles. The Morgan fingerprint density at radius 2 is 1.90 bits per heavy atom. The fraction of sp³-hybridized carbons (Fsp3) is 0.190. The Bertz CT molecular complexity index is 1080. The minimum absolute atomic E-state index is 0. The van der Waals surface area contributed by atoms with Gasteiger partial charge in [-0.25, -0.2) is 14.7 Å². The van der Waals surface area contributed by atoms with Crippen molar-refractivity contribution in [2.45, 2.75) is 17.9 Å². The summed E-state index contributed by atoms with van der Waals surface area (Å²) in [6.45, 7) is 0.339. The maximum absolute atomic E-state index is 12.5. The summed E-state index contributed by atoms with van der Waals surface area (Å²) < 4.78 is 7.18. The van der Waals surface area contributed by atoms with Crippen LogP contribution in [0.4, 0.5) is 4.79 Å². The van der Waals surface area contributed by atoms with Crippen LogP contribution in [0.25, 0.3) is 11.7 Å². The number of hydrogen-bond donors (Lipinski definition) is 0. The average Bonchev–Trinajstić information content (AvgIpc) is 3.30. The van der Waals surface area contributed by atoms with Gasteiger partial charge in [0.1, 0.15) is 5.65 Å². The number of cyclic esters (lactones) is 1. The molecule has 0 bridgehead atoms. The van der Waals surface area contributed by atoms with E-state index in [1.54, 1.807) is 48.3 Å². The Morgan fingerprint density at radius 3 is 2.70 bits per heavy atom. The summed E-state index contributed by atoms with van der Waals surface area (Å²) in [7, 11) is 0. The van der Waals surface area contributed by atoms with Gasteiger partial charge in [-0.15, -0.1) is 24.2 Å².